The molecule has 0 saturated carbocycles. The summed E-state index contributed by atoms with van der Waals surface area (Å²) in [5.41, 5.74) is -0.362. The Bertz CT molecular complexity index is 690. The third kappa shape index (κ3) is 3.81. The summed E-state index contributed by atoms with van der Waals surface area (Å²) >= 11 is 0. The van der Waals surface area contributed by atoms with Crippen LogP contribution in [0.1, 0.15) is 22.3 Å². The first-order valence-electron chi connectivity index (χ1n) is 7.00. The average molecular weight is 345 g/mol. The van der Waals surface area contributed by atoms with Gasteiger partial charge in [-0.3, -0.25) is 19.7 Å². The SMILES string of the molecule is Cc1cccc(C(=O)N[C@@H]2CCN(CC(F)(F)F)C2=O)c1[N+](=O)[O-]. The zero-order valence-electron chi connectivity index (χ0n) is 12.6. The van der Waals surface area contributed by atoms with E-state index in [4.69, 9.17) is 0 Å². The van der Waals surface area contributed by atoms with Gasteiger partial charge in [-0.25, -0.2) is 0 Å². The van der Waals surface area contributed by atoms with Crippen LogP contribution in [0.25, 0.3) is 0 Å². The third-order valence-corrected chi connectivity index (χ3v) is 3.64. The van der Waals surface area contributed by atoms with Crippen molar-refractivity contribution >= 4 is 17.5 Å². The number of nitrogens with one attached hydrogen (secondary N) is 1. The summed E-state index contributed by atoms with van der Waals surface area (Å²) in [6, 6.07) is 3.01. The minimum atomic E-state index is -4.52. The largest absolute Gasteiger partial charge is 0.406 e. The van der Waals surface area contributed by atoms with Gasteiger partial charge in [0.1, 0.15) is 18.2 Å². The average Bonchev–Trinajstić information content (AvgIpc) is 2.77. The van der Waals surface area contributed by atoms with Crippen LogP contribution < -0.4 is 5.32 Å². The number of aryl methyl sites for hydroxylation is 1. The number of rotatable bonds is 4. The van der Waals surface area contributed by atoms with Crippen LogP contribution in [0.2, 0.25) is 0 Å². The van der Waals surface area contributed by atoms with Crippen LogP contribution in [0, 0.1) is 17.0 Å². The van der Waals surface area contributed by atoms with E-state index in [-0.39, 0.29) is 24.1 Å². The summed E-state index contributed by atoms with van der Waals surface area (Å²) in [5, 5.41) is 13.4. The number of carbonyl (C=O) groups is 2. The van der Waals surface area contributed by atoms with Crippen molar-refractivity contribution in [1.82, 2.24) is 10.2 Å². The second-order valence-corrected chi connectivity index (χ2v) is 5.42. The minimum absolute atomic E-state index is 0.0142. The maximum atomic E-state index is 12.4. The fourth-order valence-corrected chi connectivity index (χ4v) is 2.57. The van der Waals surface area contributed by atoms with Crippen molar-refractivity contribution < 1.29 is 27.7 Å². The highest BCUT2D eigenvalue weighted by Gasteiger charge is 2.40. The maximum absolute atomic E-state index is 12.4. The highest BCUT2D eigenvalue weighted by atomic mass is 19.4. The van der Waals surface area contributed by atoms with E-state index < -0.39 is 41.2 Å². The molecule has 1 aliphatic rings. The Kier molecular flexibility index (Phi) is 4.76. The lowest BCUT2D eigenvalue weighted by atomic mass is 10.1. The van der Waals surface area contributed by atoms with Gasteiger partial charge in [-0.15, -0.1) is 0 Å². The molecule has 1 fully saturated rings. The third-order valence-electron chi connectivity index (χ3n) is 3.64. The minimum Gasteiger partial charge on any atom is -0.340 e. The van der Waals surface area contributed by atoms with E-state index in [0.717, 1.165) is 0 Å². The molecule has 0 aliphatic carbocycles. The van der Waals surface area contributed by atoms with Gasteiger partial charge in [-0.1, -0.05) is 12.1 Å². The number of alkyl halides is 3. The number of hydrogen-bond donors (Lipinski definition) is 1. The Morgan fingerprint density at radius 3 is 2.71 bits per heavy atom. The molecule has 130 valence electrons. The molecule has 1 aliphatic heterocycles. The normalized spacial score (nSPS) is 17.9. The summed E-state index contributed by atoms with van der Waals surface area (Å²) in [5.74, 6) is -1.71. The number of nitro groups is 1. The second kappa shape index (κ2) is 6.46. The van der Waals surface area contributed by atoms with Crippen molar-refractivity contribution in [2.24, 2.45) is 0 Å². The number of hydrogen-bond acceptors (Lipinski definition) is 4. The first-order chi connectivity index (χ1) is 11.1. The molecule has 1 heterocycles. The van der Waals surface area contributed by atoms with E-state index in [0.29, 0.717) is 4.90 Å². The van der Waals surface area contributed by atoms with Crippen molar-refractivity contribution in [3.63, 3.8) is 0 Å². The smallest absolute Gasteiger partial charge is 0.340 e. The Morgan fingerprint density at radius 2 is 2.12 bits per heavy atom. The molecule has 1 aromatic carbocycles. The number of halogens is 3. The fraction of sp³-hybridized carbons (Fsp3) is 0.429. The monoisotopic (exact) mass is 345 g/mol. The number of benzene rings is 1. The van der Waals surface area contributed by atoms with Crippen LogP contribution in [-0.4, -0.2) is 46.9 Å². The van der Waals surface area contributed by atoms with E-state index in [2.05, 4.69) is 5.32 Å². The molecule has 1 saturated heterocycles. The Hall–Kier alpha value is -2.65. The van der Waals surface area contributed by atoms with Crippen molar-refractivity contribution in [3.8, 4) is 0 Å². The fourth-order valence-electron chi connectivity index (χ4n) is 2.57. The highest BCUT2D eigenvalue weighted by Crippen LogP contribution is 2.24. The maximum Gasteiger partial charge on any atom is 0.406 e. The lowest BCUT2D eigenvalue weighted by Gasteiger charge is -2.18. The van der Waals surface area contributed by atoms with Gasteiger partial charge in [-0.05, 0) is 19.4 Å². The van der Waals surface area contributed by atoms with E-state index in [1.165, 1.54) is 25.1 Å². The standard InChI is InChI=1S/C14H14F3N3O4/c1-8-3-2-4-9(11(8)20(23)24)12(21)18-10-5-6-19(13(10)22)7-14(15,16)17/h2-4,10H,5-7H2,1H3,(H,18,21)/t10-/m1/s1. The van der Waals surface area contributed by atoms with E-state index >= 15 is 0 Å². The molecule has 1 aromatic rings. The zero-order valence-corrected chi connectivity index (χ0v) is 12.6. The van der Waals surface area contributed by atoms with Gasteiger partial charge in [0.25, 0.3) is 11.6 Å². The Balaban J connectivity index is 2.13. The van der Waals surface area contributed by atoms with Crippen LogP contribution in [-0.2, 0) is 4.79 Å². The molecule has 0 bridgehead atoms. The first-order valence-corrected chi connectivity index (χ1v) is 7.00. The molecule has 10 heteroatoms. The summed E-state index contributed by atoms with van der Waals surface area (Å²) in [4.78, 5) is 35.1. The first kappa shape index (κ1) is 17.7. The number of nitrogens with zero attached hydrogens (tertiary/aromatic N) is 2. The Morgan fingerprint density at radius 1 is 1.46 bits per heavy atom. The van der Waals surface area contributed by atoms with Crippen LogP contribution in [0.4, 0.5) is 18.9 Å². The van der Waals surface area contributed by atoms with Crippen LogP contribution >= 0.6 is 0 Å². The molecule has 1 atom stereocenters. The predicted molar refractivity (Wildman–Crippen MR) is 76.3 cm³/mol. The number of likely N-dealkylation sites (tertiary alicyclic amines) is 1. The molecule has 24 heavy (non-hydrogen) atoms. The van der Waals surface area contributed by atoms with Crippen molar-refractivity contribution in [2.75, 3.05) is 13.1 Å². The highest BCUT2D eigenvalue weighted by molar-refractivity contribution is 6.01. The van der Waals surface area contributed by atoms with Crippen LogP contribution in [0.3, 0.4) is 0 Å². The molecule has 0 aromatic heterocycles. The lowest BCUT2D eigenvalue weighted by molar-refractivity contribution is -0.385. The van der Waals surface area contributed by atoms with E-state index in [1.54, 1.807) is 0 Å². The van der Waals surface area contributed by atoms with Gasteiger partial charge in [-0.2, -0.15) is 13.2 Å². The molecule has 2 rings (SSSR count). The molecule has 0 spiro atoms. The zero-order chi connectivity index (χ0) is 18.1. The van der Waals surface area contributed by atoms with Crippen LogP contribution in [0.15, 0.2) is 18.2 Å². The van der Waals surface area contributed by atoms with Crippen molar-refractivity contribution in [2.45, 2.75) is 25.6 Å². The molecule has 0 radical (unpaired) electrons. The summed E-state index contributed by atoms with van der Waals surface area (Å²) in [6.07, 6.45) is -4.51. The summed E-state index contributed by atoms with van der Waals surface area (Å²) in [7, 11) is 0. The number of para-hydroxylation sites is 1. The number of amides is 2. The molecule has 1 N–H and O–H groups in total. The van der Waals surface area contributed by atoms with E-state index in [9.17, 15) is 32.9 Å². The Labute approximate surface area is 134 Å². The van der Waals surface area contributed by atoms with Gasteiger partial charge >= 0.3 is 6.18 Å². The van der Waals surface area contributed by atoms with Gasteiger partial charge < -0.3 is 10.2 Å². The molecule has 2 amide bonds. The van der Waals surface area contributed by atoms with Gasteiger partial charge in [0.15, 0.2) is 0 Å². The van der Waals surface area contributed by atoms with Gasteiger partial charge in [0.05, 0.1) is 4.92 Å². The summed E-state index contributed by atoms with van der Waals surface area (Å²) < 4.78 is 37.1. The topological polar surface area (TPSA) is 92.6 Å². The predicted octanol–water partition coefficient (Wildman–Crippen LogP) is 1.80. The molecule has 0 unspecified atom stereocenters. The van der Waals surface area contributed by atoms with E-state index in [1.807, 2.05) is 0 Å². The van der Waals surface area contributed by atoms with Gasteiger partial charge in [0, 0.05) is 12.1 Å². The number of carbonyl (C=O) groups excluding carboxylic acids is 2. The van der Waals surface area contributed by atoms with Crippen molar-refractivity contribution in [3.05, 3.63) is 39.4 Å². The molecular formula is C14H14F3N3O4. The van der Waals surface area contributed by atoms with Crippen molar-refractivity contribution in [1.29, 1.82) is 0 Å². The molecule has 7 nitrogen and oxygen atoms in total. The quantitative estimate of drug-likeness (QED) is 0.665. The second-order valence-electron chi connectivity index (χ2n) is 5.42. The molecular weight excluding hydrogens is 331 g/mol. The number of nitro benzene ring substituents is 1. The van der Waals surface area contributed by atoms with Gasteiger partial charge in [0.2, 0.25) is 5.91 Å². The lowest BCUT2D eigenvalue weighted by Crippen LogP contribution is -2.43. The summed E-state index contributed by atoms with van der Waals surface area (Å²) in [6.45, 7) is -0.0668. The van der Waals surface area contributed by atoms with Crippen LogP contribution in [0.5, 0.6) is 0 Å².